The number of hydrogen-bond acceptors (Lipinski definition) is 4. The first-order valence-electron chi connectivity index (χ1n) is 8.53. The second-order valence-corrected chi connectivity index (χ2v) is 7.09. The third-order valence-electron chi connectivity index (χ3n) is 4.42. The van der Waals surface area contributed by atoms with Gasteiger partial charge in [-0.2, -0.15) is 11.3 Å². The topological polar surface area (TPSA) is 78.5 Å². The standard InChI is InChI=1S/C19H21N3O3S/c1-13(23)14-3-2-4-17(11-14)21-19(25)22-8-5-16(6-9-22)20-18(24)15-7-10-26-12-15/h2-4,7,10-12,16H,5-6,8-9H2,1H3,(H,20,24)(H,21,25). The average Bonchev–Trinajstić information content (AvgIpc) is 3.17. The molecule has 3 rings (SSSR count). The van der Waals surface area contributed by atoms with Crippen molar-refractivity contribution in [3.63, 3.8) is 0 Å². The Hall–Kier alpha value is -2.67. The number of carbonyl (C=O) groups is 3. The Kier molecular flexibility index (Phi) is 5.68. The summed E-state index contributed by atoms with van der Waals surface area (Å²) in [7, 11) is 0. The molecule has 1 saturated heterocycles. The molecular formula is C19H21N3O3S. The minimum absolute atomic E-state index is 0.0386. The number of nitrogens with zero attached hydrogens (tertiary/aromatic N) is 1. The first-order valence-corrected chi connectivity index (χ1v) is 9.47. The molecule has 1 aliphatic heterocycles. The molecule has 3 amide bonds. The van der Waals surface area contributed by atoms with Gasteiger partial charge < -0.3 is 15.5 Å². The first-order chi connectivity index (χ1) is 12.5. The summed E-state index contributed by atoms with van der Waals surface area (Å²) < 4.78 is 0. The monoisotopic (exact) mass is 371 g/mol. The smallest absolute Gasteiger partial charge is 0.321 e. The van der Waals surface area contributed by atoms with Gasteiger partial charge in [0.15, 0.2) is 5.78 Å². The molecule has 1 fully saturated rings. The fourth-order valence-electron chi connectivity index (χ4n) is 2.91. The predicted molar refractivity (Wildman–Crippen MR) is 102 cm³/mol. The Bertz CT molecular complexity index is 796. The van der Waals surface area contributed by atoms with Crippen LogP contribution in [0.2, 0.25) is 0 Å². The van der Waals surface area contributed by atoms with Crippen LogP contribution in [0.15, 0.2) is 41.1 Å². The Morgan fingerprint density at radius 2 is 1.88 bits per heavy atom. The van der Waals surface area contributed by atoms with E-state index >= 15 is 0 Å². The predicted octanol–water partition coefficient (Wildman–Crippen LogP) is 3.38. The van der Waals surface area contributed by atoms with Crippen LogP contribution in [0.1, 0.15) is 40.5 Å². The van der Waals surface area contributed by atoms with Gasteiger partial charge in [0.05, 0.1) is 0 Å². The van der Waals surface area contributed by atoms with Crippen molar-refractivity contribution in [1.29, 1.82) is 0 Å². The van der Waals surface area contributed by atoms with Gasteiger partial charge in [-0.15, -0.1) is 0 Å². The molecule has 7 heteroatoms. The van der Waals surface area contributed by atoms with Gasteiger partial charge in [0.2, 0.25) is 0 Å². The largest absolute Gasteiger partial charge is 0.349 e. The molecule has 0 atom stereocenters. The van der Waals surface area contributed by atoms with Crippen LogP contribution in [0.5, 0.6) is 0 Å². The highest BCUT2D eigenvalue weighted by molar-refractivity contribution is 7.08. The molecule has 1 aromatic carbocycles. The summed E-state index contributed by atoms with van der Waals surface area (Å²) in [6, 6.07) is 8.60. The quantitative estimate of drug-likeness (QED) is 0.809. The molecular weight excluding hydrogens is 350 g/mol. The molecule has 1 aromatic heterocycles. The number of amides is 3. The van der Waals surface area contributed by atoms with Gasteiger partial charge in [0, 0.05) is 41.3 Å². The number of rotatable bonds is 4. The van der Waals surface area contributed by atoms with Crippen molar-refractivity contribution >= 4 is 34.7 Å². The number of piperidine rings is 1. The highest BCUT2D eigenvalue weighted by Gasteiger charge is 2.24. The van der Waals surface area contributed by atoms with Crippen LogP contribution in [0.3, 0.4) is 0 Å². The number of carbonyl (C=O) groups excluding carboxylic acids is 3. The summed E-state index contributed by atoms with van der Waals surface area (Å²) in [4.78, 5) is 37.7. The zero-order valence-electron chi connectivity index (χ0n) is 14.5. The molecule has 0 aliphatic carbocycles. The number of thiophene rings is 1. The van der Waals surface area contributed by atoms with E-state index in [2.05, 4.69) is 10.6 Å². The molecule has 0 bridgehead atoms. The van der Waals surface area contributed by atoms with Crippen molar-refractivity contribution in [3.8, 4) is 0 Å². The maximum Gasteiger partial charge on any atom is 0.321 e. The molecule has 6 nitrogen and oxygen atoms in total. The first kappa shape index (κ1) is 18.1. The van der Waals surface area contributed by atoms with Gasteiger partial charge >= 0.3 is 6.03 Å². The van der Waals surface area contributed by atoms with Crippen LogP contribution in [0, 0.1) is 0 Å². The van der Waals surface area contributed by atoms with Crippen molar-refractivity contribution < 1.29 is 14.4 Å². The highest BCUT2D eigenvalue weighted by atomic mass is 32.1. The van der Waals surface area contributed by atoms with Crippen LogP contribution >= 0.6 is 11.3 Å². The number of urea groups is 1. The van der Waals surface area contributed by atoms with Crippen molar-refractivity contribution in [2.45, 2.75) is 25.8 Å². The number of ketones is 1. The van der Waals surface area contributed by atoms with E-state index in [9.17, 15) is 14.4 Å². The SMILES string of the molecule is CC(=O)c1cccc(NC(=O)N2CCC(NC(=O)c3ccsc3)CC2)c1. The summed E-state index contributed by atoms with van der Waals surface area (Å²) in [6.45, 7) is 2.65. The second kappa shape index (κ2) is 8.14. The lowest BCUT2D eigenvalue weighted by atomic mass is 10.0. The van der Waals surface area contributed by atoms with Crippen LogP contribution in [0.25, 0.3) is 0 Å². The van der Waals surface area contributed by atoms with E-state index in [4.69, 9.17) is 0 Å². The lowest BCUT2D eigenvalue weighted by Crippen LogP contribution is -2.47. The van der Waals surface area contributed by atoms with E-state index in [-0.39, 0.29) is 23.8 Å². The van der Waals surface area contributed by atoms with E-state index in [0.29, 0.717) is 29.9 Å². The maximum absolute atomic E-state index is 12.4. The molecule has 26 heavy (non-hydrogen) atoms. The normalized spacial score (nSPS) is 14.7. The van der Waals surface area contributed by atoms with Crippen LogP contribution in [-0.2, 0) is 0 Å². The maximum atomic E-state index is 12.4. The molecule has 0 saturated carbocycles. The Balaban J connectivity index is 1.50. The Morgan fingerprint density at radius 1 is 1.12 bits per heavy atom. The number of likely N-dealkylation sites (tertiary alicyclic amines) is 1. The molecule has 2 N–H and O–H groups in total. The molecule has 2 aromatic rings. The van der Waals surface area contributed by atoms with Crippen molar-refractivity contribution in [2.24, 2.45) is 0 Å². The zero-order chi connectivity index (χ0) is 18.5. The van der Waals surface area contributed by atoms with E-state index in [1.165, 1.54) is 18.3 Å². The van der Waals surface area contributed by atoms with E-state index in [1.54, 1.807) is 35.2 Å². The number of hydrogen-bond donors (Lipinski definition) is 2. The van der Waals surface area contributed by atoms with Crippen LogP contribution in [-0.4, -0.2) is 41.8 Å². The molecule has 1 aliphatic rings. The molecule has 0 unspecified atom stereocenters. The van der Waals surface area contributed by atoms with Crippen LogP contribution < -0.4 is 10.6 Å². The van der Waals surface area contributed by atoms with Gasteiger partial charge in [-0.1, -0.05) is 12.1 Å². The fourth-order valence-corrected chi connectivity index (χ4v) is 3.54. The molecule has 0 spiro atoms. The van der Waals surface area contributed by atoms with Crippen molar-refractivity contribution in [3.05, 3.63) is 52.2 Å². The summed E-state index contributed by atoms with van der Waals surface area (Å²) in [6.07, 6.45) is 1.44. The summed E-state index contributed by atoms with van der Waals surface area (Å²) in [5.41, 5.74) is 1.86. The van der Waals surface area contributed by atoms with Crippen molar-refractivity contribution in [2.75, 3.05) is 18.4 Å². The van der Waals surface area contributed by atoms with Gasteiger partial charge in [0.25, 0.3) is 5.91 Å². The molecule has 2 heterocycles. The van der Waals surface area contributed by atoms with E-state index in [0.717, 1.165) is 12.8 Å². The summed E-state index contributed by atoms with van der Waals surface area (Å²) in [5, 5.41) is 9.56. The molecule has 136 valence electrons. The third kappa shape index (κ3) is 4.49. The van der Waals surface area contributed by atoms with E-state index in [1.807, 2.05) is 10.8 Å². The second-order valence-electron chi connectivity index (χ2n) is 6.31. The van der Waals surface area contributed by atoms with Gasteiger partial charge in [-0.05, 0) is 43.3 Å². The summed E-state index contributed by atoms with van der Waals surface area (Å²) >= 11 is 1.49. The zero-order valence-corrected chi connectivity index (χ0v) is 15.3. The molecule has 0 radical (unpaired) electrons. The van der Waals surface area contributed by atoms with Crippen molar-refractivity contribution in [1.82, 2.24) is 10.2 Å². The van der Waals surface area contributed by atoms with Gasteiger partial charge in [-0.3, -0.25) is 9.59 Å². The Morgan fingerprint density at radius 3 is 2.54 bits per heavy atom. The highest BCUT2D eigenvalue weighted by Crippen LogP contribution is 2.16. The average molecular weight is 371 g/mol. The van der Waals surface area contributed by atoms with E-state index < -0.39 is 0 Å². The summed E-state index contributed by atoms with van der Waals surface area (Å²) in [5.74, 6) is -0.0986. The third-order valence-corrected chi connectivity index (χ3v) is 5.10. The lowest BCUT2D eigenvalue weighted by Gasteiger charge is -2.32. The fraction of sp³-hybridized carbons (Fsp3) is 0.316. The number of Topliss-reactive ketones (excluding diaryl/α,β-unsaturated/α-hetero) is 1. The number of anilines is 1. The lowest BCUT2D eigenvalue weighted by molar-refractivity contribution is 0.0919. The number of benzene rings is 1. The van der Waals surface area contributed by atoms with Gasteiger partial charge in [-0.25, -0.2) is 4.79 Å². The van der Waals surface area contributed by atoms with Crippen LogP contribution in [0.4, 0.5) is 10.5 Å². The van der Waals surface area contributed by atoms with Gasteiger partial charge in [0.1, 0.15) is 0 Å². The Labute approximate surface area is 156 Å². The number of nitrogens with one attached hydrogen (secondary N) is 2. The minimum Gasteiger partial charge on any atom is -0.349 e. The minimum atomic E-state index is -0.187.